The van der Waals surface area contributed by atoms with Crippen LogP contribution in [0.15, 0.2) is 18.2 Å². The van der Waals surface area contributed by atoms with Gasteiger partial charge in [-0.05, 0) is 61.8 Å². The fourth-order valence-electron chi connectivity index (χ4n) is 3.34. The number of aryl methyl sites for hydroxylation is 2. The van der Waals surface area contributed by atoms with Gasteiger partial charge in [-0.25, -0.2) is 0 Å². The van der Waals surface area contributed by atoms with Gasteiger partial charge >= 0.3 is 0 Å². The van der Waals surface area contributed by atoms with Gasteiger partial charge < -0.3 is 9.64 Å². The van der Waals surface area contributed by atoms with Gasteiger partial charge in [0.25, 0.3) is 5.91 Å². The third-order valence-electron chi connectivity index (χ3n) is 4.66. The molecule has 1 amide bonds. The smallest absolute Gasteiger partial charge is 0.253 e. The number of amides is 1. The van der Waals surface area contributed by atoms with Gasteiger partial charge in [0.2, 0.25) is 0 Å². The molecule has 20 heavy (non-hydrogen) atoms. The molecule has 0 atom stereocenters. The van der Waals surface area contributed by atoms with E-state index in [0.717, 1.165) is 37.9 Å². The first-order chi connectivity index (χ1) is 9.78. The molecule has 0 saturated carbocycles. The molecule has 1 aliphatic heterocycles. The van der Waals surface area contributed by atoms with Crippen molar-refractivity contribution in [3.63, 3.8) is 0 Å². The summed E-state index contributed by atoms with van der Waals surface area (Å²) < 4.78 is 5.36. The summed E-state index contributed by atoms with van der Waals surface area (Å²) in [5, 5.41) is 0. The van der Waals surface area contributed by atoms with Gasteiger partial charge in [-0.15, -0.1) is 0 Å². The summed E-state index contributed by atoms with van der Waals surface area (Å²) >= 11 is 0. The van der Waals surface area contributed by atoms with E-state index in [-0.39, 0.29) is 5.91 Å². The second-order valence-corrected chi connectivity index (χ2v) is 5.92. The van der Waals surface area contributed by atoms with Gasteiger partial charge in [-0.3, -0.25) is 4.79 Å². The molecule has 1 aromatic carbocycles. The molecular formula is C17H23NO2. The monoisotopic (exact) mass is 273 g/mol. The molecule has 0 bridgehead atoms. The van der Waals surface area contributed by atoms with Crippen LogP contribution in [0.5, 0.6) is 0 Å². The Morgan fingerprint density at radius 2 is 1.85 bits per heavy atom. The maximum Gasteiger partial charge on any atom is 0.253 e. The SMILES string of the molecule is COC1CCN(C(=O)c2ccc3c(c2)CCCC3)CC1. The molecule has 3 nitrogen and oxygen atoms in total. The van der Waals surface area contributed by atoms with E-state index in [2.05, 4.69) is 12.1 Å². The topological polar surface area (TPSA) is 29.5 Å². The van der Waals surface area contributed by atoms with E-state index in [0.29, 0.717) is 6.10 Å². The fourth-order valence-corrected chi connectivity index (χ4v) is 3.34. The quantitative estimate of drug-likeness (QED) is 0.829. The molecule has 1 heterocycles. The van der Waals surface area contributed by atoms with E-state index in [9.17, 15) is 4.79 Å². The number of carbonyl (C=O) groups is 1. The van der Waals surface area contributed by atoms with Crippen molar-refractivity contribution in [2.24, 2.45) is 0 Å². The minimum atomic E-state index is 0.188. The van der Waals surface area contributed by atoms with Crippen LogP contribution in [-0.4, -0.2) is 37.1 Å². The van der Waals surface area contributed by atoms with Crippen LogP contribution in [0, 0.1) is 0 Å². The van der Waals surface area contributed by atoms with Gasteiger partial charge in [-0.1, -0.05) is 6.07 Å². The van der Waals surface area contributed by atoms with Crippen molar-refractivity contribution in [3.8, 4) is 0 Å². The third-order valence-corrected chi connectivity index (χ3v) is 4.66. The van der Waals surface area contributed by atoms with Crippen LogP contribution in [0.3, 0.4) is 0 Å². The zero-order chi connectivity index (χ0) is 13.9. The number of carbonyl (C=O) groups excluding carboxylic acids is 1. The fraction of sp³-hybridized carbons (Fsp3) is 0.588. The average Bonchev–Trinajstić information content (AvgIpc) is 2.54. The summed E-state index contributed by atoms with van der Waals surface area (Å²) in [6.45, 7) is 1.63. The van der Waals surface area contributed by atoms with Crippen LogP contribution < -0.4 is 0 Å². The Kier molecular flexibility index (Phi) is 4.06. The number of benzene rings is 1. The number of likely N-dealkylation sites (tertiary alicyclic amines) is 1. The standard InChI is InChI=1S/C17H23NO2/c1-20-16-8-10-18(11-9-16)17(19)15-7-6-13-4-2-3-5-14(13)12-15/h6-7,12,16H,2-5,8-11H2,1H3. The first kappa shape index (κ1) is 13.6. The summed E-state index contributed by atoms with van der Waals surface area (Å²) in [5.41, 5.74) is 3.68. The minimum Gasteiger partial charge on any atom is -0.381 e. The molecule has 108 valence electrons. The first-order valence-electron chi connectivity index (χ1n) is 7.72. The van der Waals surface area contributed by atoms with Gasteiger partial charge in [0.15, 0.2) is 0 Å². The van der Waals surface area contributed by atoms with E-state index in [4.69, 9.17) is 4.74 Å². The lowest BCUT2D eigenvalue weighted by molar-refractivity contribution is 0.0350. The maximum atomic E-state index is 12.6. The Morgan fingerprint density at radius 3 is 2.55 bits per heavy atom. The average molecular weight is 273 g/mol. The maximum absolute atomic E-state index is 12.6. The van der Waals surface area contributed by atoms with Gasteiger partial charge in [0, 0.05) is 25.8 Å². The molecular weight excluding hydrogens is 250 g/mol. The van der Waals surface area contributed by atoms with Crippen molar-refractivity contribution in [2.75, 3.05) is 20.2 Å². The number of hydrogen-bond donors (Lipinski definition) is 0. The molecule has 0 unspecified atom stereocenters. The Bertz CT molecular complexity index is 490. The predicted octanol–water partition coefficient (Wildman–Crippen LogP) is 2.82. The largest absolute Gasteiger partial charge is 0.381 e. The lowest BCUT2D eigenvalue weighted by Crippen LogP contribution is -2.40. The molecule has 0 spiro atoms. The highest BCUT2D eigenvalue weighted by Gasteiger charge is 2.24. The van der Waals surface area contributed by atoms with Crippen LogP contribution in [0.25, 0.3) is 0 Å². The predicted molar refractivity (Wildman–Crippen MR) is 79.0 cm³/mol. The van der Waals surface area contributed by atoms with Crippen molar-refractivity contribution in [2.45, 2.75) is 44.6 Å². The van der Waals surface area contributed by atoms with Crippen LogP contribution in [0.4, 0.5) is 0 Å². The lowest BCUT2D eigenvalue weighted by atomic mass is 9.90. The third kappa shape index (κ3) is 2.73. The van der Waals surface area contributed by atoms with E-state index in [1.54, 1.807) is 7.11 Å². The van der Waals surface area contributed by atoms with Crippen molar-refractivity contribution in [3.05, 3.63) is 34.9 Å². The van der Waals surface area contributed by atoms with E-state index < -0.39 is 0 Å². The second kappa shape index (κ2) is 5.96. The summed E-state index contributed by atoms with van der Waals surface area (Å²) in [6.07, 6.45) is 7.06. The normalized spacial score (nSPS) is 19.8. The molecule has 1 aromatic rings. The van der Waals surface area contributed by atoms with Crippen LogP contribution in [0.2, 0.25) is 0 Å². The summed E-state index contributed by atoms with van der Waals surface area (Å²) in [7, 11) is 1.76. The lowest BCUT2D eigenvalue weighted by Gasteiger charge is -2.31. The number of ether oxygens (including phenoxy) is 1. The highest BCUT2D eigenvalue weighted by atomic mass is 16.5. The zero-order valence-corrected chi connectivity index (χ0v) is 12.2. The Balaban J connectivity index is 1.71. The summed E-state index contributed by atoms with van der Waals surface area (Å²) in [6, 6.07) is 6.29. The molecule has 1 saturated heterocycles. The molecule has 2 aliphatic rings. The highest BCUT2D eigenvalue weighted by Crippen LogP contribution is 2.23. The molecule has 3 rings (SSSR count). The number of rotatable bonds is 2. The Hall–Kier alpha value is -1.35. The summed E-state index contributed by atoms with van der Waals surface area (Å²) in [4.78, 5) is 14.5. The van der Waals surface area contributed by atoms with E-state index in [1.807, 2.05) is 11.0 Å². The van der Waals surface area contributed by atoms with Crippen molar-refractivity contribution in [1.29, 1.82) is 0 Å². The van der Waals surface area contributed by atoms with Gasteiger partial charge in [0.1, 0.15) is 0 Å². The molecule has 1 fully saturated rings. The Morgan fingerprint density at radius 1 is 1.15 bits per heavy atom. The molecule has 0 aromatic heterocycles. The highest BCUT2D eigenvalue weighted by molar-refractivity contribution is 5.94. The van der Waals surface area contributed by atoms with Crippen LogP contribution in [0.1, 0.15) is 47.2 Å². The van der Waals surface area contributed by atoms with Crippen LogP contribution in [-0.2, 0) is 17.6 Å². The molecule has 0 radical (unpaired) electrons. The van der Waals surface area contributed by atoms with E-state index in [1.165, 1.54) is 30.4 Å². The zero-order valence-electron chi connectivity index (χ0n) is 12.2. The number of methoxy groups -OCH3 is 1. The number of piperidine rings is 1. The van der Waals surface area contributed by atoms with Crippen molar-refractivity contribution >= 4 is 5.91 Å². The Labute approximate surface area is 120 Å². The van der Waals surface area contributed by atoms with Gasteiger partial charge in [0.05, 0.1) is 6.10 Å². The van der Waals surface area contributed by atoms with Crippen LogP contribution >= 0.6 is 0 Å². The summed E-state index contributed by atoms with van der Waals surface area (Å²) in [5.74, 6) is 0.188. The van der Waals surface area contributed by atoms with Crippen molar-refractivity contribution < 1.29 is 9.53 Å². The molecule has 3 heteroatoms. The number of fused-ring (bicyclic) bond motifs is 1. The number of hydrogen-bond acceptors (Lipinski definition) is 2. The minimum absolute atomic E-state index is 0.188. The first-order valence-corrected chi connectivity index (χ1v) is 7.72. The van der Waals surface area contributed by atoms with E-state index >= 15 is 0 Å². The van der Waals surface area contributed by atoms with Gasteiger partial charge in [-0.2, -0.15) is 0 Å². The molecule has 1 aliphatic carbocycles. The second-order valence-electron chi connectivity index (χ2n) is 5.92. The number of nitrogens with zero attached hydrogens (tertiary/aromatic N) is 1. The van der Waals surface area contributed by atoms with Crippen molar-refractivity contribution in [1.82, 2.24) is 4.90 Å². The molecule has 0 N–H and O–H groups in total.